The minimum atomic E-state index is 0.666. The third-order valence-corrected chi connectivity index (χ3v) is 4.05. The van der Waals surface area contributed by atoms with Gasteiger partial charge in [0.25, 0.3) is 0 Å². The summed E-state index contributed by atoms with van der Waals surface area (Å²) in [6.07, 6.45) is 0. The molecular weight excluding hydrogens is 284 g/mol. The van der Waals surface area contributed by atoms with Crippen LogP contribution in [0.15, 0.2) is 18.2 Å². The normalized spacial score (nSPS) is 10.9. The minimum absolute atomic E-state index is 0.666. The maximum atomic E-state index is 6.17. The number of ether oxygens (including phenoxy) is 1. The lowest BCUT2D eigenvalue weighted by atomic mass is 10.3. The summed E-state index contributed by atoms with van der Waals surface area (Å²) in [5, 5.41) is 11.5. The quantitative estimate of drug-likeness (QED) is 0.772. The highest BCUT2D eigenvalue weighted by atomic mass is 35.5. The molecule has 0 amide bonds. The fourth-order valence-corrected chi connectivity index (χ4v) is 2.92. The van der Waals surface area contributed by atoms with Crippen molar-refractivity contribution in [3.05, 3.63) is 28.9 Å². The monoisotopic (exact) mass is 294 g/mol. The third kappa shape index (κ3) is 2.24. The molecule has 7 heteroatoms. The highest BCUT2D eigenvalue weighted by Gasteiger charge is 2.12. The molecule has 2 aromatic heterocycles. The molecular formula is C12H11ClN4OS. The van der Waals surface area contributed by atoms with Crippen molar-refractivity contribution in [2.24, 2.45) is 0 Å². The number of hydrogen-bond donors (Lipinski definition) is 2. The summed E-state index contributed by atoms with van der Waals surface area (Å²) in [6, 6.07) is 5.53. The second kappa shape index (κ2) is 4.71. The van der Waals surface area contributed by atoms with Crippen LogP contribution in [0.5, 0.6) is 5.75 Å². The average Bonchev–Trinajstić information content (AvgIpc) is 2.97. The van der Waals surface area contributed by atoms with Crippen molar-refractivity contribution in [2.45, 2.75) is 6.92 Å². The van der Waals surface area contributed by atoms with Gasteiger partial charge in [-0.25, -0.2) is 4.98 Å². The summed E-state index contributed by atoms with van der Waals surface area (Å²) < 4.78 is 6.18. The van der Waals surface area contributed by atoms with Crippen molar-refractivity contribution >= 4 is 44.1 Å². The van der Waals surface area contributed by atoms with E-state index in [1.54, 1.807) is 7.11 Å². The van der Waals surface area contributed by atoms with Crippen LogP contribution in [0.25, 0.3) is 10.2 Å². The zero-order chi connectivity index (χ0) is 13.4. The van der Waals surface area contributed by atoms with Crippen molar-refractivity contribution in [2.75, 3.05) is 12.4 Å². The van der Waals surface area contributed by atoms with Crippen molar-refractivity contribution in [1.82, 2.24) is 15.2 Å². The number of hydrogen-bond acceptors (Lipinski definition) is 5. The number of nitrogens with zero attached hydrogens (tertiary/aromatic N) is 2. The zero-order valence-corrected chi connectivity index (χ0v) is 11.9. The summed E-state index contributed by atoms with van der Waals surface area (Å²) in [5.74, 6) is 1.44. The molecule has 0 bridgehead atoms. The Morgan fingerprint density at radius 2 is 2.26 bits per heavy atom. The molecule has 5 nitrogen and oxygen atoms in total. The molecule has 0 saturated carbocycles. The number of halogens is 1. The molecule has 0 aliphatic carbocycles. The summed E-state index contributed by atoms with van der Waals surface area (Å²) in [4.78, 5) is 4.49. The SMILES string of the molecule is COc1ccc(Cl)c2sc(Nc3cc(C)[nH]n3)nc12. The van der Waals surface area contributed by atoms with E-state index in [-0.39, 0.29) is 0 Å². The number of aromatic amines is 1. The van der Waals surface area contributed by atoms with Crippen LogP contribution < -0.4 is 10.1 Å². The summed E-state index contributed by atoms with van der Waals surface area (Å²) in [5.41, 5.74) is 1.74. The van der Waals surface area contributed by atoms with Gasteiger partial charge in [0, 0.05) is 11.8 Å². The van der Waals surface area contributed by atoms with Gasteiger partial charge in [0.1, 0.15) is 11.3 Å². The van der Waals surface area contributed by atoms with Crippen molar-refractivity contribution in [1.29, 1.82) is 0 Å². The van der Waals surface area contributed by atoms with Gasteiger partial charge in [-0.3, -0.25) is 5.10 Å². The molecule has 0 fully saturated rings. The second-order valence-electron chi connectivity index (χ2n) is 4.01. The highest BCUT2D eigenvalue weighted by molar-refractivity contribution is 7.22. The molecule has 0 spiro atoms. The van der Waals surface area contributed by atoms with Gasteiger partial charge in [0.05, 0.1) is 16.8 Å². The maximum absolute atomic E-state index is 6.17. The number of thiazole rings is 1. The average molecular weight is 295 g/mol. The lowest BCUT2D eigenvalue weighted by Gasteiger charge is -2.00. The first kappa shape index (κ1) is 12.3. The van der Waals surface area contributed by atoms with E-state index in [0.29, 0.717) is 10.8 Å². The molecule has 3 rings (SSSR count). The Bertz CT molecular complexity index is 736. The number of aryl methyl sites for hydroxylation is 1. The van der Waals surface area contributed by atoms with Crippen molar-refractivity contribution in [3.63, 3.8) is 0 Å². The van der Waals surface area contributed by atoms with E-state index in [9.17, 15) is 0 Å². The Hall–Kier alpha value is -1.79. The van der Waals surface area contributed by atoms with Crippen LogP contribution in [0.3, 0.4) is 0 Å². The predicted octanol–water partition coefficient (Wildman–Crippen LogP) is 3.73. The van der Waals surface area contributed by atoms with E-state index in [1.807, 2.05) is 25.1 Å². The van der Waals surface area contributed by atoms with E-state index in [4.69, 9.17) is 16.3 Å². The number of fused-ring (bicyclic) bond motifs is 1. The molecule has 2 heterocycles. The van der Waals surface area contributed by atoms with Gasteiger partial charge in [-0.05, 0) is 19.1 Å². The molecule has 0 saturated heterocycles. The van der Waals surface area contributed by atoms with Crippen LogP contribution in [0, 0.1) is 6.92 Å². The Labute approximate surface area is 118 Å². The number of rotatable bonds is 3. The van der Waals surface area contributed by atoms with Crippen LogP contribution in [0.2, 0.25) is 5.02 Å². The van der Waals surface area contributed by atoms with Gasteiger partial charge in [-0.15, -0.1) is 0 Å². The zero-order valence-electron chi connectivity index (χ0n) is 10.3. The van der Waals surface area contributed by atoms with Gasteiger partial charge in [-0.1, -0.05) is 22.9 Å². The van der Waals surface area contributed by atoms with Crippen molar-refractivity contribution < 1.29 is 4.74 Å². The molecule has 0 radical (unpaired) electrons. The Kier molecular flexibility index (Phi) is 3.04. The van der Waals surface area contributed by atoms with Crippen LogP contribution >= 0.6 is 22.9 Å². The number of methoxy groups -OCH3 is 1. The summed E-state index contributed by atoms with van der Waals surface area (Å²) in [7, 11) is 1.62. The molecule has 98 valence electrons. The standard InChI is InChI=1S/C12H11ClN4OS/c1-6-5-9(17-16-6)14-12-15-10-8(18-2)4-3-7(13)11(10)19-12/h3-5H,1-2H3,(H2,14,15,16,17). The Balaban J connectivity index is 2.03. The summed E-state index contributed by atoms with van der Waals surface area (Å²) >= 11 is 7.64. The van der Waals surface area contributed by atoms with Gasteiger partial charge >= 0.3 is 0 Å². The predicted molar refractivity (Wildman–Crippen MR) is 77.8 cm³/mol. The van der Waals surface area contributed by atoms with Crippen molar-refractivity contribution in [3.8, 4) is 5.75 Å². The first-order chi connectivity index (χ1) is 9.17. The summed E-state index contributed by atoms with van der Waals surface area (Å²) in [6.45, 7) is 1.94. The lowest BCUT2D eigenvalue weighted by molar-refractivity contribution is 0.419. The molecule has 2 N–H and O–H groups in total. The van der Waals surface area contributed by atoms with Crippen LogP contribution in [-0.4, -0.2) is 22.3 Å². The molecule has 19 heavy (non-hydrogen) atoms. The van der Waals surface area contributed by atoms with Crippen LogP contribution in [0.1, 0.15) is 5.69 Å². The van der Waals surface area contributed by atoms with Gasteiger partial charge < -0.3 is 10.1 Å². The second-order valence-corrected chi connectivity index (χ2v) is 5.41. The minimum Gasteiger partial charge on any atom is -0.494 e. The fraction of sp³-hybridized carbons (Fsp3) is 0.167. The Morgan fingerprint density at radius 3 is 2.95 bits per heavy atom. The van der Waals surface area contributed by atoms with Gasteiger partial charge in [0.2, 0.25) is 0 Å². The van der Waals surface area contributed by atoms with Crippen LogP contribution in [-0.2, 0) is 0 Å². The largest absolute Gasteiger partial charge is 0.494 e. The molecule has 3 aromatic rings. The first-order valence-corrected chi connectivity index (χ1v) is 6.79. The van der Waals surface area contributed by atoms with E-state index < -0.39 is 0 Å². The van der Waals surface area contributed by atoms with Crippen LogP contribution in [0.4, 0.5) is 10.9 Å². The lowest BCUT2D eigenvalue weighted by Crippen LogP contribution is -1.89. The van der Waals surface area contributed by atoms with E-state index in [0.717, 1.165) is 26.9 Å². The first-order valence-electron chi connectivity index (χ1n) is 5.59. The number of benzene rings is 1. The third-order valence-electron chi connectivity index (χ3n) is 2.62. The molecule has 1 aromatic carbocycles. The Morgan fingerprint density at radius 1 is 1.42 bits per heavy atom. The van der Waals surface area contributed by atoms with E-state index in [1.165, 1.54) is 11.3 Å². The molecule has 0 unspecified atom stereocenters. The van der Waals surface area contributed by atoms with Gasteiger partial charge in [0.15, 0.2) is 10.9 Å². The topological polar surface area (TPSA) is 62.8 Å². The number of H-pyrrole nitrogens is 1. The number of aromatic nitrogens is 3. The van der Waals surface area contributed by atoms with E-state index >= 15 is 0 Å². The molecule has 0 aliphatic rings. The molecule has 0 aliphatic heterocycles. The molecule has 0 atom stereocenters. The number of nitrogens with one attached hydrogen (secondary N) is 2. The number of anilines is 2. The smallest absolute Gasteiger partial charge is 0.189 e. The van der Waals surface area contributed by atoms with Gasteiger partial charge in [-0.2, -0.15) is 5.10 Å². The highest BCUT2D eigenvalue weighted by Crippen LogP contribution is 2.37. The fourth-order valence-electron chi connectivity index (χ4n) is 1.76. The maximum Gasteiger partial charge on any atom is 0.189 e. The van der Waals surface area contributed by atoms with E-state index in [2.05, 4.69) is 20.5 Å².